The highest BCUT2D eigenvalue weighted by Crippen LogP contribution is 2.38. The van der Waals surface area contributed by atoms with Crippen LogP contribution in [0.1, 0.15) is 138 Å². The molecule has 13 rings (SSSR count). The van der Waals surface area contributed by atoms with Crippen molar-refractivity contribution in [2.75, 3.05) is 134 Å². The van der Waals surface area contributed by atoms with Gasteiger partial charge in [0.25, 0.3) is 5.91 Å². The molecule has 6 aromatic carbocycles. The van der Waals surface area contributed by atoms with Crippen molar-refractivity contribution in [2.45, 2.75) is 124 Å². The summed E-state index contributed by atoms with van der Waals surface area (Å²) in [5.41, 5.74) is 18.2. The molecule has 0 saturated carbocycles. The summed E-state index contributed by atoms with van der Waals surface area (Å²) in [6.07, 6.45) is 6.95. The van der Waals surface area contributed by atoms with Crippen molar-refractivity contribution in [1.82, 2.24) is 20.2 Å². The monoisotopic (exact) mass is 1630 g/mol. The number of hydrogen-bond donors (Lipinski definition) is 6. The van der Waals surface area contributed by atoms with Crippen LogP contribution in [0.4, 0.5) is 40.1 Å². The summed E-state index contributed by atoms with van der Waals surface area (Å²) >= 11 is 0. The van der Waals surface area contributed by atoms with Gasteiger partial charge >= 0.3 is 11.9 Å². The maximum absolute atomic E-state index is 13.9. The number of hydrogen-bond acceptors (Lipinski definition) is 21. The van der Waals surface area contributed by atoms with Crippen LogP contribution in [0.3, 0.4) is 0 Å². The number of esters is 1. The minimum Gasteiger partial charge on any atom is -0.478 e. The number of sulfonamides is 2. The summed E-state index contributed by atoms with van der Waals surface area (Å²) < 4.78 is 52.0. The molecule has 1 amide bonds. The Balaban J connectivity index is 0.000000186. The number of nitrogens with one attached hydrogen (secondary N) is 3. The number of carbonyl (C=O) groups is 3. The Bertz CT molecular complexity index is 5250. The molecule has 116 heavy (non-hydrogen) atoms. The number of methoxy groups -OCH3 is 1. The van der Waals surface area contributed by atoms with E-state index >= 15 is 0 Å². The molecule has 8 aromatic rings. The standard InChI is InChI=1S/C33H40N6O3S.C24H29N3O2.C22H25N3O2.C9H14N4O2S.ClH/c1-22-18-23(2)31(33(40)38-16-14-37(15-17-38)32-30(43(35,41)42)10-7-12-36-32)25(4)28(22)19-26-11-13-39(21-24(26)3)29-9-6-5-8-27(29)20-34;1-15-12-16(2)23(18(4)22(15)24(28)29-5)26-20-10-11-27(14-17(20)3)21-9-7-6-8-19(21)13-25;1-14-10-15(2)20(11-18(14)22(26)27)24-19-8-9-25(13-16(19)3)21-7-5-4-6-17(21)12-23;10-16(14,15)8-2-1-3-12-9(8)13-6-4-11-5-7-13;/h5-10,12,18,24,26H,11,13-17,19,21H2,1-4H3,(H2,35,41,42);6-9,12,17,20,26H,10-11,14H2,1-5H3;4-7,10-11,16,19,24H,8-9,13H2,1-3H3,(H,26,27);1-3,11H,4-7H2,(H2,10,14,15);1H/t24-,26-;17-,20+;16-,19+;;/m000../s1. The average Bonchev–Trinajstić information content (AvgIpc) is 0.779. The van der Waals surface area contributed by atoms with Crippen molar-refractivity contribution in [2.24, 2.45) is 33.9 Å². The van der Waals surface area contributed by atoms with E-state index in [0.29, 0.717) is 89.8 Å². The zero-order valence-electron chi connectivity index (χ0n) is 68.4. The van der Waals surface area contributed by atoms with Crippen molar-refractivity contribution in [3.63, 3.8) is 0 Å². The molecule has 5 saturated heterocycles. The molecule has 2 aromatic heterocycles. The maximum atomic E-state index is 13.9. The van der Waals surface area contributed by atoms with Gasteiger partial charge in [-0.15, -0.1) is 12.4 Å². The molecular weight excluding hydrogens is 1520 g/mol. The molecule has 7 heterocycles. The molecule has 0 unspecified atom stereocenters. The van der Waals surface area contributed by atoms with Crippen LogP contribution in [-0.2, 0) is 31.2 Å². The number of primary sulfonamides is 2. The lowest BCUT2D eigenvalue weighted by molar-refractivity contribution is 0.0597. The second kappa shape index (κ2) is 39.7. The van der Waals surface area contributed by atoms with Crippen LogP contribution in [0.25, 0.3) is 0 Å². The molecule has 0 radical (unpaired) electrons. The van der Waals surface area contributed by atoms with Gasteiger partial charge < -0.3 is 55.2 Å². The largest absolute Gasteiger partial charge is 0.478 e. The Labute approximate surface area is 690 Å². The first-order valence-corrected chi connectivity index (χ1v) is 42.3. The quantitative estimate of drug-likeness (QED) is 0.0489. The van der Waals surface area contributed by atoms with Crippen molar-refractivity contribution in [1.29, 1.82) is 15.8 Å². The first-order valence-electron chi connectivity index (χ1n) is 39.2. The number of halogens is 1. The van der Waals surface area contributed by atoms with E-state index in [1.165, 1.54) is 30.4 Å². The van der Waals surface area contributed by atoms with Crippen LogP contribution in [-0.4, -0.2) is 165 Å². The second-order valence-corrected chi connectivity index (χ2v) is 34.0. The van der Waals surface area contributed by atoms with Crippen molar-refractivity contribution < 1.29 is 41.1 Å². The predicted molar refractivity (Wildman–Crippen MR) is 461 cm³/mol. The van der Waals surface area contributed by atoms with E-state index in [0.717, 1.165) is 170 Å². The number of carbonyl (C=O) groups excluding carboxylic acids is 2. The first-order chi connectivity index (χ1) is 54.8. The minimum absolute atomic E-state index is 0. The molecule has 0 spiro atoms. The van der Waals surface area contributed by atoms with Gasteiger partial charge in [-0.25, -0.2) is 46.7 Å². The van der Waals surface area contributed by atoms with Gasteiger partial charge in [-0.05, 0) is 222 Å². The van der Waals surface area contributed by atoms with Crippen LogP contribution in [0.5, 0.6) is 0 Å². The Hall–Kier alpha value is -10.8. The highest BCUT2D eigenvalue weighted by molar-refractivity contribution is 7.89. The Kier molecular flexibility index (Phi) is 30.5. The number of pyridine rings is 2. The minimum atomic E-state index is -3.91. The molecule has 5 aliphatic heterocycles. The predicted octanol–water partition coefficient (Wildman–Crippen LogP) is 12.6. The number of anilines is 7. The molecule has 8 N–H and O–H groups in total. The van der Waals surface area contributed by atoms with E-state index in [9.17, 15) is 52.1 Å². The number of aryl methyl sites for hydroxylation is 6. The van der Waals surface area contributed by atoms with E-state index in [4.69, 9.17) is 15.0 Å². The van der Waals surface area contributed by atoms with Crippen molar-refractivity contribution in [3.05, 3.63) is 217 Å². The summed E-state index contributed by atoms with van der Waals surface area (Å²) in [4.78, 5) is 58.7. The number of amides is 1. The first kappa shape index (κ1) is 89.1. The third kappa shape index (κ3) is 21.2. The zero-order valence-corrected chi connectivity index (χ0v) is 70.9. The van der Waals surface area contributed by atoms with Crippen LogP contribution in [0.2, 0.25) is 0 Å². The zero-order chi connectivity index (χ0) is 83.2. The van der Waals surface area contributed by atoms with Gasteiger partial charge in [0.05, 0.1) is 52.0 Å². The Morgan fingerprint density at radius 1 is 0.526 bits per heavy atom. The van der Waals surface area contributed by atoms with Gasteiger partial charge in [-0.2, -0.15) is 15.8 Å². The fourth-order valence-electron chi connectivity index (χ4n) is 16.8. The number of carboxylic acid groups (broad SMARTS) is 1. The molecule has 25 nitrogen and oxygen atoms in total. The third-order valence-corrected chi connectivity index (χ3v) is 24.9. The molecule has 0 bridgehead atoms. The fourth-order valence-corrected chi connectivity index (χ4v) is 18.2. The lowest BCUT2D eigenvalue weighted by atomic mass is 9.79. The number of ether oxygens (including phenoxy) is 1. The number of nitriles is 3. The van der Waals surface area contributed by atoms with Gasteiger partial charge in [0.1, 0.15) is 39.6 Å². The molecule has 0 aliphatic carbocycles. The number of nitrogens with zero attached hydrogens (tertiary/aromatic N) is 11. The molecule has 28 heteroatoms. The lowest BCUT2D eigenvalue weighted by Crippen LogP contribution is -2.49. The summed E-state index contributed by atoms with van der Waals surface area (Å²) in [5.74, 6) is 1.26. The van der Waals surface area contributed by atoms with Gasteiger partial charge in [-0.3, -0.25) is 4.79 Å². The Morgan fingerprint density at radius 2 is 0.966 bits per heavy atom. The number of piperidine rings is 3. The SMILES string of the molecule is COC(=O)c1c(C)cc(C)c(N[C@@H]2CCN(c3ccccc3C#N)C[C@@H]2C)c1C.Cc1cc(C)c(C(=O)N2CCN(c3ncccc3S(N)(=O)=O)CC2)c(C)c1C[C@@H]1CCN(c2ccccc2C#N)C[C@@H]1C.Cc1cc(C)c(C(=O)O)cc1N[C@@H]1CCN(c2ccccc2C#N)C[C@@H]1C.Cl.NS(=O)(=O)c1cccnc1N1CCNCC1. The highest BCUT2D eigenvalue weighted by Gasteiger charge is 2.35. The van der Waals surface area contributed by atoms with E-state index in [1.807, 2.05) is 134 Å². The topological polar surface area (TPSA) is 354 Å². The summed E-state index contributed by atoms with van der Waals surface area (Å²) in [7, 11) is -6.20. The van der Waals surface area contributed by atoms with Crippen LogP contribution >= 0.6 is 12.4 Å². The molecular formula is C88H109ClN16O9S2. The van der Waals surface area contributed by atoms with E-state index in [-0.39, 0.29) is 40.1 Å². The summed E-state index contributed by atoms with van der Waals surface area (Å²) in [6.45, 7) is 33.0. The second-order valence-electron chi connectivity index (χ2n) is 30.9. The van der Waals surface area contributed by atoms with Crippen LogP contribution in [0.15, 0.2) is 144 Å². The van der Waals surface area contributed by atoms with Crippen molar-refractivity contribution in [3.8, 4) is 18.2 Å². The molecule has 5 fully saturated rings. The number of rotatable bonds is 16. The summed E-state index contributed by atoms with van der Waals surface area (Å²) in [5, 5.41) is 58.8. The number of piperazine rings is 2. The van der Waals surface area contributed by atoms with E-state index in [1.54, 1.807) is 30.6 Å². The van der Waals surface area contributed by atoms with E-state index in [2.05, 4.69) is 106 Å². The van der Waals surface area contributed by atoms with E-state index < -0.39 is 26.0 Å². The molecule has 5 aliphatic rings. The third-order valence-electron chi connectivity index (χ3n) is 23.0. The van der Waals surface area contributed by atoms with Crippen LogP contribution < -0.4 is 50.7 Å². The summed E-state index contributed by atoms with van der Waals surface area (Å²) in [6, 6.07) is 44.7. The average molecular weight is 1630 g/mol. The smallest absolute Gasteiger partial charge is 0.338 e. The molecule has 6 atom stereocenters. The van der Waals surface area contributed by atoms with Gasteiger partial charge in [0.15, 0.2) is 0 Å². The maximum Gasteiger partial charge on any atom is 0.338 e. The number of nitrogens with two attached hydrogens (primary N) is 2. The number of aromatic nitrogens is 2. The normalized spacial score (nSPS) is 18.8. The number of carboxylic acids is 1. The van der Waals surface area contributed by atoms with Crippen molar-refractivity contribution >= 4 is 90.4 Å². The number of benzene rings is 6. The lowest BCUT2D eigenvalue weighted by Gasteiger charge is -2.40. The molecule has 614 valence electrons. The van der Waals surface area contributed by atoms with Gasteiger partial charge in [-0.1, -0.05) is 75.4 Å². The number of aromatic carboxylic acids is 1. The Morgan fingerprint density at radius 3 is 1.42 bits per heavy atom. The number of para-hydroxylation sites is 3. The fraction of sp³-hybridized carbons (Fsp3) is 0.409. The van der Waals surface area contributed by atoms with Gasteiger partial charge in [0.2, 0.25) is 20.0 Å². The van der Waals surface area contributed by atoms with Crippen LogP contribution in [0, 0.1) is 113 Å². The van der Waals surface area contributed by atoms with Gasteiger partial charge in [0, 0.05) is 133 Å². The highest BCUT2D eigenvalue weighted by atomic mass is 35.5.